The molecule has 18 heavy (non-hydrogen) atoms. The van der Waals surface area contributed by atoms with Gasteiger partial charge in [0.25, 0.3) is 0 Å². The smallest absolute Gasteiger partial charge is 0.315 e. The van der Waals surface area contributed by atoms with Crippen molar-refractivity contribution in [3.63, 3.8) is 0 Å². The first-order valence-corrected chi connectivity index (χ1v) is 6.55. The van der Waals surface area contributed by atoms with Crippen LogP contribution in [0.3, 0.4) is 0 Å². The van der Waals surface area contributed by atoms with Gasteiger partial charge in [-0.1, -0.05) is 28.1 Å². The second-order valence-corrected chi connectivity index (χ2v) is 5.88. The molecule has 96 valence electrons. The van der Waals surface area contributed by atoms with Gasteiger partial charge in [0.15, 0.2) is 0 Å². The van der Waals surface area contributed by atoms with Gasteiger partial charge in [0.05, 0.1) is 31.8 Å². The van der Waals surface area contributed by atoms with Crippen LogP contribution in [0.15, 0.2) is 28.7 Å². The number of carbonyl (C=O) groups is 1. The van der Waals surface area contributed by atoms with Gasteiger partial charge >= 0.3 is 5.97 Å². The zero-order valence-electron chi connectivity index (χ0n) is 9.69. The molecule has 3 rings (SSSR count). The van der Waals surface area contributed by atoms with E-state index in [-0.39, 0.29) is 13.2 Å². The molecule has 0 unspecified atom stereocenters. The van der Waals surface area contributed by atoms with Crippen molar-refractivity contribution < 1.29 is 19.4 Å². The SMILES string of the molecule is O=C(O)C1(C2(c3ccc(Br)cc3)COC2)COC1. The van der Waals surface area contributed by atoms with Crippen molar-refractivity contribution in [2.45, 2.75) is 5.41 Å². The Hall–Kier alpha value is -0.910. The van der Waals surface area contributed by atoms with E-state index >= 15 is 0 Å². The molecule has 0 saturated carbocycles. The maximum atomic E-state index is 11.6. The Kier molecular flexibility index (Phi) is 2.73. The molecule has 1 aromatic rings. The van der Waals surface area contributed by atoms with Crippen LogP contribution in [-0.4, -0.2) is 37.5 Å². The van der Waals surface area contributed by atoms with E-state index in [1.807, 2.05) is 24.3 Å². The molecule has 0 spiro atoms. The topological polar surface area (TPSA) is 55.8 Å². The van der Waals surface area contributed by atoms with Crippen LogP contribution in [0.25, 0.3) is 0 Å². The second kappa shape index (κ2) is 4.05. The molecule has 0 bridgehead atoms. The Labute approximate surface area is 113 Å². The maximum Gasteiger partial charge on any atom is 0.315 e. The Morgan fingerprint density at radius 1 is 1.11 bits per heavy atom. The van der Waals surface area contributed by atoms with E-state index in [9.17, 15) is 9.90 Å². The average molecular weight is 313 g/mol. The molecule has 4 nitrogen and oxygen atoms in total. The van der Waals surface area contributed by atoms with Crippen LogP contribution in [0.5, 0.6) is 0 Å². The molecule has 0 aliphatic carbocycles. The van der Waals surface area contributed by atoms with Gasteiger partial charge in [0.1, 0.15) is 5.41 Å². The molecule has 0 aromatic heterocycles. The van der Waals surface area contributed by atoms with E-state index in [1.54, 1.807) is 0 Å². The van der Waals surface area contributed by atoms with E-state index in [0.717, 1.165) is 10.0 Å². The molecule has 2 heterocycles. The largest absolute Gasteiger partial charge is 0.481 e. The number of rotatable bonds is 3. The van der Waals surface area contributed by atoms with E-state index < -0.39 is 16.8 Å². The highest BCUT2D eigenvalue weighted by Crippen LogP contribution is 2.52. The molecule has 2 aliphatic heterocycles. The van der Waals surface area contributed by atoms with E-state index in [1.165, 1.54) is 0 Å². The lowest BCUT2D eigenvalue weighted by atomic mass is 9.57. The number of benzene rings is 1. The Morgan fingerprint density at radius 3 is 2.00 bits per heavy atom. The lowest BCUT2D eigenvalue weighted by molar-refractivity contribution is -0.236. The van der Waals surface area contributed by atoms with Crippen LogP contribution in [0.2, 0.25) is 0 Å². The van der Waals surface area contributed by atoms with Crippen LogP contribution < -0.4 is 0 Å². The van der Waals surface area contributed by atoms with Crippen molar-refractivity contribution in [3.8, 4) is 0 Å². The zero-order valence-corrected chi connectivity index (χ0v) is 11.3. The van der Waals surface area contributed by atoms with Crippen LogP contribution in [-0.2, 0) is 19.7 Å². The zero-order chi connectivity index (χ0) is 12.8. The first-order chi connectivity index (χ1) is 8.61. The number of carboxylic acids is 1. The monoisotopic (exact) mass is 312 g/mol. The number of aliphatic carboxylic acids is 1. The predicted octanol–water partition coefficient (Wildman–Crippen LogP) is 1.82. The summed E-state index contributed by atoms with van der Waals surface area (Å²) in [5.74, 6) is -0.792. The molecule has 2 saturated heterocycles. The molecular weight excluding hydrogens is 300 g/mol. The predicted molar refractivity (Wildman–Crippen MR) is 67.5 cm³/mol. The van der Waals surface area contributed by atoms with Gasteiger partial charge in [-0.2, -0.15) is 0 Å². The summed E-state index contributed by atoms with van der Waals surface area (Å²) in [6, 6.07) is 7.81. The quantitative estimate of drug-likeness (QED) is 0.925. The van der Waals surface area contributed by atoms with E-state index in [4.69, 9.17) is 9.47 Å². The number of hydrogen-bond acceptors (Lipinski definition) is 3. The molecule has 1 N–H and O–H groups in total. The summed E-state index contributed by atoms with van der Waals surface area (Å²) in [4.78, 5) is 11.6. The fraction of sp³-hybridized carbons (Fsp3) is 0.462. The molecule has 1 aromatic carbocycles. The fourth-order valence-electron chi connectivity index (χ4n) is 2.71. The highest BCUT2D eigenvalue weighted by atomic mass is 79.9. The minimum absolute atomic E-state index is 0.266. The maximum absolute atomic E-state index is 11.6. The first kappa shape index (κ1) is 12.1. The number of halogens is 1. The minimum atomic E-state index is -0.834. The lowest BCUT2D eigenvalue weighted by Crippen LogP contribution is -2.69. The molecule has 2 fully saturated rings. The fourth-order valence-corrected chi connectivity index (χ4v) is 2.97. The third-order valence-corrected chi connectivity index (χ3v) is 4.64. The van der Waals surface area contributed by atoms with Gasteiger partial charge < -0.3 is 14.6 Å². The Balaban J connectivity index is 2.04. The molecule has 2 aliphatic rings. The molecule has 0 amide bonds. The first-order valence-electron chi connectivity index (χ1n) is 5.76. The van der Waals surface area contributed by atoms with Gasteiger partial charge in [-0.15, -0.1) is 0 Å². The highest BCUT2D eigenvalue weighted by molar-refractivity contribution is 9.10. The summed E-state index contributed by atoms with van der Waals surface area (Å²) in [5.41, 5.74) is -0.265. The Morgan fingerprint density at radius 2 is 1.67 bits per heavy atom. The standard InChI is InChI=1S/C13H13BrO4/c14-10-3-1-9(2-4-10)12(5-17-6-12)13(11(15)16)7-18-8-13/h1-4H,5-8H2,(H,15,16). The van der Waals surface area contributed by atoms with Crippen LogP contribution >= 0.6 is 15.9 Å². The summed E-state index contributed by atoms with van der Waals surface area (Å²) >= 11 is 3.39. The van der Waals surface area contributed by atoms with Crippen molar-refractivity contribution in [1.29, 1.82) is 0 Å². The van der Waals surface area contributed by atoms with Gasteiger partial charge in [0.2, 0.25) is 0 Å². The summed E-state index contributed by atoms with van der Waals surface area (Å²) in [7, 11) is 0. The van der Waals surface area contributed by atoms with Crippen molar-refractivity contribution in [2.75, 3.05) is 26.4 Å². The summed E-state index contributed by atoms with van der Waals surface area (Å²) in [6.45, 7) is 1.43. The van der Waals surface area contributed by atoms with Crippen molar-refractivity contribution in [3.05, 3.63) is 34.3 Å². The van der Waals surface area contributed by atoms with Gasteiger partial charge in [-0.25, -0.2) is 0 Å². The van der Waals surface area contributed by atoms with Crippen molar-refractivity contribution in [1.82, 2.24) is 0 Å². The van der Waals surface area contributed by atoms with E-state index in [2.05, 4.69) is 15.9 Å². The van der Waals surface area contributed by atoms with E-state index in [0.29, 0.717) is 13.2 Å². The Bertz CT molecular complexity index is 474. The molecule has 0 radical (unpaired) electrons. The van der Waals surface area contributed by atoms with Gasteiger partial charge in [0, 0.05) is 4.47 Å². The third kappa shape index (κ3) is 1.41. The van der Waals surface area contributed by atoms with Gasteiger partial charge in [-0.3, -0.25) is 4.79 Å². The lowest BCUT2D eigenvalue weighted by Gasteiger charge is -2.56. The van der Waals surface area contributed by atoms with Gasteiger partial charge in [-0.05, 0) is 17.7 Å². The third-order valence-electron chi connectivity index (χ3n) is 4.12. The van der Waals surface area contributed by atoms with Crippen LogP contribution in [0.4, 0.5) is 0 Å². The van der Waals surface area contributed by atoms with Crippen molar-refractivity contribution >= 4 is 21.9 Å². The molecule has 5 heteroatoms. The minimum Gasteiger partial charge on any atom is -0.481 e. The van der Waals surface area contributed by atoms with Crippen LogP contribution in [0.1, 0.15) is 5.56 Å². The number of carboxylic acid groups (broad SMARTS) is 1. The second-order valence-electron chi connectivity index (χ2n) is 4.96. The summed E-state index contributed by atoms with van der Waals surface area (Å²) in [5, 5.41) is 9.56. The molecular formula is C13H13BrO4. The van der Waals surface area contributed by atoms with Crippen LogP contribution in [0, 0.1) is 5.41 Å². The average Bonchev–Trinajstić information content (AvgIpc) is 2.21. The summed E-state index contributed by atoms with van der Waals surface area (Å²) < 4.78 is 11.5. The normalized spacial score (nSPS) is 23.8. The molecule has 0 atom stereocenters. The number of hydrogen-bond donors (Lipinski definition) is 1. The van der Waals surface area contributed by atoms with Crippen molar-refractivity contribution in [2.24, 2.45) is 5.41 Å². The highest BCUT2D eigenvalue weighted by Gasteiger charge is 2.65. The number of ether oxygens (including phenoxy) is 2. The summed E-state index contributed by atoms with van der Waals surface area (Å²) in [6.07, 6.45) is 0.